The lowest BCUT2D eigenvalue weighted by atomic mass is 10.1. The molecule has 2 aliphatic rings. The van der Waals surface area contributed by atoms with Gasteiger partial charge in [0.15, 0.2) is 0 Å². The van der Waals surface area contributed by atoms with Crippen molar-refractivity contribution in [3.8, 4) is 0 Å². The van der Waals surface area contributed by atoms with E-state index in [0.29, 0.717) is 12.6 Å². The lowest BCUT2D eigenvalue weighted by molar-refractivity contribution is 0.0861. The lowest BCUT2D eigenvalue weighted by Gasteiger charge is -2.42. The number of carbonyl (C=O) groups excluding carboxylic acids is 1. The number of nitrogens with two attached hydrogens (primary N) is 1. The van der Waals surface area contributed by atoms with Crippen molar-refractivity contribution >= 4 is 11.7 Å². The van der Waals surface area contributed by atoms with Crippen LogP contribution in [0.2, 0.25) is 0 Å². The first-order chi connectivity index (χ1) is 10.2. The van der Waals surface area contributed by atoms with Crippen LogP contribution >= 0.6 is 0 Å². The van der Waals surface area contributed by atoms with Gasteiger partial charge < -0.3 is 16.0 Å². The third-order valence-electron chi connectivity index (χ3n) is 4.61. The Hall–Kier alpha value is -1.59. The van der Waals surface area contributed by atoms with Gasteiger partial charge in [-0.3, -0.25) is 4.90 Å². The summed E-state index contributed by atoms with van der Waals surface area (Å²) in [5.74, 6) is 0. The number of benzene rings is 1. The van der Waals surface area contributed by atoms with Gasteiger partial charge in [-0.1, -0.05) is 12.1 Å². The molecular weight excluding hydrogens is 264 g/mol. The van der Waals surface area contributed by atoms with Crippen molar-refractivity contribution in [1.29, 1.82) is 0 Å². The fraction of sp³-hybridized carbons (Fsp3) is 0.562. The van der Waals surface area contributed by atoms with Crippen LogP contribution in [0.3, 0.4) is 0 Å². The van der Waals surface area contributed by atoms with E-state index in [1.165, 1.54) is 19.4 Å². The number of amides is 2. The maximum atomic E-state index is 12.5. The van der Waals surface area contributed by atoms with Gasteiger partial charge in [0.25, 0.3) is 0 Å². The number of nitrogens with zero attached hydrogens (tertiary/aromatic N) is 2. The highest BCUT2D eigenvalue weighted by Gasteiger charge is 2.36. The van der Waals surface area contributed by atoms with Crippen LogP contribution in [0, 0.1) is 0 Å². The minimum absolute atomic E-state index is 0.00298. The topological polar surface area (TPSA) is 61.6 Å². The number of carbonyl (C=O) groups is 1. The van der Waals surface area contributed by atoms with Crippen LogP contribution in [0.1, 0.15) is 25.3 Å². The molecule has 0 bridgehead atoms. The number of hydrogen-bond donors (Lipinski definition) is 2. The van der Waals surface area contributed by atoms with Crippen LogP contribution < -0.4 is 11.1 Å². The van der Waals surface area contributed by atoms with Gasteiger partial charge in [-0.2, -0.15) is 0 Å². The number of piperazine rings is 1. The number of rotatable bonds is 2. The smallest absolute Gasteiger partial charge is 0.322 e. The molecule has 0 radical (unpaired) electrons. The Morgan fingerprint density at radius 3 is 3.10 bits per heavy atom. The second-order valence-corrected chi connectivity index (χ2v) is 6.13. The summed E-state index contributed by atoms with van der Waals surface area (Å²) in [7, 11) is 0. The zero-order valence-electron chi connectivity index (χ0n) is 12.6. The first-order valence-electron chi connectivity index (χ1n) is 7.78. The standard InChI is InChI=1S/C16H24N4O/c1-12-10-19-7-3-6-15(19)11-20(12)16(21)18-14-5-2-4-13(8-14)9-17/h2,4-5,8,12,15H,3,6-7,9-11,17H2,1H3,(H,18,21). The molecule has 0 saturated carbocycles. The molecule has 2 unspecified atom stereocenters. The van der Waals surface area contributed by atoms with E-state index in [0.717, 1.165) is 24.3 Å². The van der Waals surface area contributed by atoms with Gasteiger partial charge in [-0.15, -0.1) is 0 Å². The van der Waals surface area contributed by atoms with Crippen molar-refractivity contribution in [1.82, 2.24) is 9.80 Å². The number of urea groups is 1. The normalized spacial score (nSPS) is 25.7. The van der Waals surface area contributed by atoms with Crippen LogP contribution in [-0.2, 0) is 6.54 Å². The average molecular weight is 288 g/mol. The molecule has 2 atom stereocenters. The van der Waals surface area contributed by atoms with Crippen molar-refractivity contribution < 1.29 is 4.79 Å². The SMILES string of the molecule is CC1CN2CCCC2CN1C(=O)Nc1cccc(CN)c1. The average Bonchev–Trinajstić information content (AvgIpc) is 2.93. The summed E-state index contributed by atoms with van der Waals surface area (Å²) in [4.78, 5) is 17.0. The largest absolute Gasteiger partial charge is 0.326 e. The molecule has 1 aromatic rings. The van der Waals surface area contributed by atoms with E-state index < -0.39 is 0 Å². The zero-order chi connectivity index (χ0) is 14.8. The summed E-state index contributed by atoms with van der Waals surface area (Å²) in [6.07, 6.45) is 2.46. The predicted octanol–water partition coefficient (Wildman–Crippen LogP) is 1.85. The molecule has 5 nitrogen and oxygen atoms in total. The van der Waals surface area contributed by atoms with E-state index in [-0.39, 0.29) is 12.1 Å². The van der Waals surface area contributed by atoms with Gasteiger partial charge in [-0.05, 0) is 44.0 Å². The molecule has 2 saturated heterocycles. The van der Waals surface area contributed by atoms with Gasteiger partial charge in [0.1, 0.15) is 0 Å². The zero-order valence-corrected chi connectivity index (χ0v) is 12.6. The Morgan fingerprint density at radius 1 is 1.43 bits per heavy atom. The Labute approximate surface area is 126 Å². The Bertz CT molecular complexity index is 519. The molecule has 3 rings (SSSR count). The Kier molecular flexibility index (Phi) is 4.12. The van der Waals surface area contributed by atoms with Crippen molar-refractivity contribution in [2.45, 2.75) is 38.4 Å². The summed E-state index contributed by atoms with van der Waals surface area (Å²) < 4.78 is 0. The number of anilines is 1. The van der Waals surface area contributed by atoms with Crippen molar-refractivity contribution in [3.63, 3.8) is 0 Å². The van der Waals surface area contributed by atoms with Crippen molar-refractivity contribution in [2.24, 2.45) is 5.73 Å². The van der Waals surface area contributed by atoms with Gasteiger partial charge in [0, 0.05) is 37.4 Å². The fourth-order valence-electron chi connectivity index (χ4n) is 3.44. The first-order valence-corrected chi connectivity index (χ1v) is 7.78. The van der Waals surface area contributed by atoms with Crippen LogP contribution in [0.5, 0.6) is 0 Å². The van der Waals surface area contributed by atoms with E-state index in [1.807, 2.05) is 29.2 Å². The maximum Gasteiger partial charge on any atom is 0.322 e. The fourth-order valence-corrected chi connectivity index (χ4v) is 3.44. The molecule has 2 amide bonds. The van der Waals surface area contributed by atoms with Crippen LogP contribution in [0.4, 0.5) is 10.5 Å². The molecule has 21 heavy (non-hydrogen) atoms. The highest BCUT2D eigenvalue weighted by atomic mass is 16.2. The van der Waals surface area contributed by atoms with E-state index in [4.69, 9.17) is 5.73 Å². The summed E-state index contributed by atoms with van der Waals surface area (Å²) >= 11 is 0. The van der Waals surface area contributed by atoms with E-state index in [1.54, 1.807) is 0 Å². The van der Waals surface area contributed by atoms with Crippen LogP contribution in [0.15, 0.2) is 24.3 Å². The molecule has 2 heterocycles. The Balaban J connectivity index is 1.66. The second-order valence-electron chi connectivity index (χ2n) is 6.13. The van der Waals surface area contributed by atoms with Gasteiger partial charge >= 0.3 is 6.03 Å². The molecule has 114 valence electrons. The third-order valence-corrected chi connectivity index (χ3v) is 4.61. The van der Waals surface area contributed by atoms with E-state index in [2.05, 4.69) is 17.1 Å². The molecule has 0 spiro atoms. The number of hydrogen-bond acceptors (Lipinski definition) is 3. The van der Waals surface area contributed by atoms with Gasteiger partial charge in [0.05, 0.1) is 0 Å². The monoisotopic (exact) mass is 288 g/mol. The summed E-state index contributed by atoms with van der Waals surface area (Å²) in [5.41, 5.74) is 7.50. The molecule has 2 fully saturated rings. The molecule has 0 aliphatic carbocycles. The second kappa shape index (κ2) is 6.03. The van der Waals surface area contributed by atoms with Crippen molar-refractivity contribution in [3.05, 3.63) is 29.8 Å². The molecule has 1 aromatic carbocycles. The summed E-state index contributed by atoms with van der Waals surface area (Å²) in [6.45, 7) is 5.62. The lowest BCUT2D eigenvalue weighted by Crippen LogP contribution is -2.57. The highest BCUT2D eigenvalue weighted by molar-refractivity contribution is 5.89. The molecule has 3 N–H and O–H groups in total. The molecule has 5 heteroatoms. The number of nitrogens with one attached hydrogen (secondary N) is 1. The minimum atomic E-state index is 0.00298. The van der Waals surface area contributed by atoms with Crippen molar-refractivity contribution in [2.75, 3.05) is 25.0 Å². The number of fused-ring (bicyclic) bond motifs is 1. The molecule has 0 aromatic heterocycles. The quantitative estimate of drug-likeness (QED) is 0.873. The minimum Gasteiger partial charge on any atom is -0.326 e. The summed E-state index contributed by atoms with van der Waals surface area (Å²) in [6, 6.07) is 8.55. The van der Waals surface area contributed by atoms with Gasteiger partial charge in [-0.25, -0.2) is 4.79 Å². The molecule has 2 aliphatic heterocycles. The van der Waals surface area contributed by atoms with E-state index >= 15 is 0 Å². The predicted molar refractivity (Wildman–Crippen MR) is 84.1 cm³/mol. The van der Waals surface area contributed by atoms with Crippen LogP contribution in [0.25, 0.3) is 0 Å². The summed E-state index contributed by atoms with van der Waals surface area (Å²) in [5, 5.41) is 3.01. The maximum absolute atomic E-state index is 12.5. The Morgan fingerprint density at radius 2 is 2.29 bits per heavy atom. The first kappa shape index (κ1) is 14.4. The molecular formula is C16H24N4O. The van der Waals surface area contributed by atoms with Crippen LogP contribution in [-0.4, -0.2) is 47.5 Å². The highest BCUT2D eigenvalue weighted by Crippen LogP contribution is 2.25. The van der Waals surface area contributed by atoms with E-state index in [9.17, 15) is 4.79 Å². The third kappa shape index (κ3) is 3.04. The van der Waals surface area contributed by atoms with Gasteiger partial charge in [0.2, 0.25) is 0 Å².